The van der Waals surface area contributed by atoms with E-state index in [2.05, 4.69) is 64.8 Å². The molecular formula is C34H40N4O2. The molecule has 6 nitrogen and oxygen atoms in total. The number of nitrogens with zero attached hydrogens (tertiary/aromatic N) is 3. The van der Waals surface area contributed by atoms with Crippen LogP contribution in [0.25, 0.3) is 18.4 Å². The summed E-state index contributed by atoms with van der Waals surface area (Å²) in [5, 5.41) is 22.4. The molecule has 208 valence electrons. The van der Waals surface area contributed by atoms with E-state index in [0.29, 0.717) is 0 Å². The monoisotopic (exact) mass is 536 g/mol. The maximum absolute atomic E-state index is 10.4. The third-order valence-corrected chi connectivity index (χ3v) is 8.40. The molecule has 8 bridgehead atoms. The summed E-state index contributed by atoms with van der Waals surface area (Å²) in [6.07, 6.45) is 14.5. The predicted molar refractivity (Wildman–Crippen MR) is 167 cm³/mol. The number of aliphatic hydroxyl groups excluding tert-OH is 2. The summed E-state index contributed by atoms with van der Waals surface area (Å²) in [5.74, 6) is 0. The van der Waals surface area contributed by atoms with Crippen molar-refractivity contribution in [1.82, 2.24) is 4.98 Å². The molecule has 0 aromatic carbocycles. The molecular weight excluding hydrogens is 496 g/mol. The zero-order valence-electron chi connectivity index (χ0n) is 24.6. The molecule has 0 atom stereocenters. The fourth-order valence-electron chi connectivity index (χ4n) is 6.48. The van der Waals surface area contributed by atoms with E-state index in [9.17, 15) is 10.2 Å². The highest BCUT2D eigenvalue weighted by Gasteiger charge is 2.27. The standard InChI is InChI=1S/C34H40N4O2/c1-7-19-21(9-3)29-15-33-26(18-40)24(12-6)32(38-33)14-28-20(8-2)22(10-4)30(36-28)16-34-25(17-39)23(11-5)31(37-34)13-27(19)35-29/h13-17,37,39-40H,7-12,18H2,1-6H3/b25-17-,27-13?,28-14?,33-15?,34-16?. The highest BCUT2D eigenvalue weighted by molar-refractivity contribution is 6.24. The van der Waals surface area contributed by atoms with Gasteiger partial charge in [0.1, 0.15) is 0 Å². The van der Waals surface area contributed by atoms with Crippen LogP contribution in [0, 0.1) is 0 Å². The molecule has 40 heavy (non-hydrogen) atoms. The third-order valence-electron chi connectivity index (χ3n) is 8.40. The molecule has 3 N–H and O–H groups in total. The number of aromatic nitrogens is 1. The number of aliphatic hydroxyl groups is 2. The summed E-state index contributed by atoms with van der Waals surface area (Å²) < 4.78 is 0. The Morgan fingerprint density at radius 2 is 1.05 bits per heavy atom. The van der Waals surface area contributed by atoms with E-state index in [0.717, 1.165) is 106 Å². The van der Waals surface area contributed by atoms with Crippen LogP contribution in [-0.4, -0.2) is 38.9 Å². The lowest BCUT2D eigenvalue weighted by molar-refractivity contribution is 0.333. The van der Waals surface area contributed by atoms with Gasteiger partial charge in [-0.2, -0.15) is 0 Å². The van der Waals surface area contributed by atoms with Gasteiger partial charge < -0.3 is 15.2 Å². The van der Waals surface area contributed by atoms with Crippen LogP contribution in [0.3, 0.4) is 0 Å². The number of hydrogen-bond acceptors (Lipinski definition) is 5. The van der Waals surface area contributed by atoms with Gasteiger partial charge in [0.2, 0.25) is 0 Å². The number of hydrogen-bond donors (Lipinski definition) is 3. The summed E-state index contributed by atoms with van der Waals surface area (Å²) in [7, 11) is 0. The molecule has 0 spiro atoms. The first-order valence-corrected chi connectivity index (χ1v) is 14.7. The van der Waals surface area contributed by atoms with Crippen molar-refractivity contribution in [3.63, 3.8) is 0 Å². The zero-order valence-corrected chi connectivity index (χ0v) is 24.6. The van der Waals surface area contributed by atoms with E-state index in [1.807, 2.05) is 6.08 Å². The molecule has 4 aliphatic heterocycles. The topological polar surface area (TPSA) is 93.3 Å². The largest absolute Gasteiger partial charge is 0.515 e. The second kappa shape index (κ2) is 11.4. The van der Waals surface area contributed by atoms with Gasteiger partial charge in [-0.25, -0.2) is 15.0 Å². The Bertz CT molecular complexity index is 1680. The van der Waals surface area contributed by atoms with E-state index in [1.165, 1.54) is 28.6 Å². The van der Waals surface area contributed by atoms with Gasteiger partial charge in [0, 0.05) is 16.5 Å². The van der Waals surface area contributed by atoms with E-state index in [1.54, 1.807) is 0 Å². The molecule has 6 heteroatoms. The lowest BCUT2D eigenvalue weighted by Crippen LogP contribution is -2.26. The number of rotatable bonds is 7. The average molecular weight is 537 g/mol. The number of aliphatic imine (C=N–C) groups is 3. The number of nitrogens with one attached hydrogen (secondary N) is 1. The Morgan fingerprint density at radius 1 is 0.600 bits per heavy atom. The fraction of sp³-hybridized carbons (Fsp3) is 0.382. The second-order valence-corrected chi connectivity index (χ2v) is 10.3. The highest BCUT2D eigenvalue weighted by Crippen LogP contribution is 2.36. The van der Waals surface area contributed by atoms with Crippen molar-refractivity contribution in [2.24, 2.45) is 15.0 Å². The normalized spacial score (nSPS) is 19.1. The Morgan fingerprint density at radius 3 is 1.50 bits per heavy atom. The minimum Gasteiger partial charge on any atom is -0.515 e. The minimum atomic E-state index is -0.0722. The van der Waals surface area contributed by atoms with Crippen molar-refractivity contribution >= 4 is 35.5 Å². The number of aromatic amines is 1. The number of fused-ring (bicyclic) bond motifs is 5. The van der Waals surface area contributed by atoms with Gasteiger partial charge >= 0.3 is 0 Å². The summed E-state index contributed by atoms with van der Waals surface area (Å²) >= 11 is 0. The van der Waals surface area contributed by atoms with Gasteiger partial charge in [0.15, 0.2) is 0 Å². The molecule has 5 rings (SSSR count). The maximum Gasteiger partial charge on any atom is 0.0888 e. The van der Waals surface area contributed by atoms with Crippen molar-refractivity contribution < 1.29 is 10.2 Å². The predicted octanol–water partition coefficient (Wildman–Crippen LogP) is 6.07. The Kier molecular flexibility index (Phi) is 7.90. The van der Waals surface area contributed by atoms with Crippen LogP contribution >= 0.6 is 0 Å². The average Bonchev–Trinajstić information content (AvgIpc) is 3.67. The van der Waals surface area contributed by atoms with Crippen LogP contribution in [0.1, 0.15) is 84.9 Å². The van der Waals surface area contributed by atoms with Crippen LogP contribution in [-0.2, 0) is 6.42 Å². The highest BCUT2D eigenvalue weighted by atomic mass is 16.3. The minimum absolute atomic E-state index is 0.0722. The van der Waals surface area contributed by atoms with Gasteiger partial charge in [-0.05, 0) is 96.3 Å². The fourth-order valence-corrected chi connectivity index (χ4v) is 6.48. The lowest BCUT2D eigenvalue weighted by Gasteiger charge is -2.06. The van der Waals surface area contributed by atoms with Crippen molar-refractivity contribution in [3.05, 3.63) is 84.5 Å². The Labute approximate surface area is 236 Å². The first kappa shape index (κ1) is 27.8. The van der Waals surface area contributed by atoms with Gasteiger partial charge in [0.25, 0.3) is 0 Å². The molecule has 5 heterocycles. The van der Waals surface area contributed by atoms with Crippen molar-refractivity contribution in [2.45, 2.75) is 80.1 Å². The molecule has 0 unspecified atom stereocenters. The lowest BCUT2D eigenvalue weighted by atomic mass is 9.96. The van der Waals surface area contributed by atoms with Crippen LogP contribution in [0.2, 0.25) is 0 Å². The third kappa shape index (κ3) is 4.44. The summed E-state index contributed by atoms with van der Waals surface area (Å²) in [4.78, 5) is 18.9. The Hall–Kier alpha value is -3.77. The second-order valence-electron chi connectivity index (χ2n) is 10.3. The molecule has 0 saturated heterocycles. The molecule has 1 aromatic heterocycles. The summed E-state index contributed by atoms with van der Waals surface area (Å²) in [6, 6.07) is 0. The quantitative estimate of drug-likeness (QED) is 0.394. The van der Waals surface area contributed by atoms with Crippen LogP contribution in [0.4, 0.5) is 0 Å². The van der Waals surface area contributed by atoms with Crippen molar-refractivity contribution in [1.29, 1.82) is 0 Å². The SMILES string of the molecule is CCC1=C(CC)C2=NC1=Cc1[nH]c(/c(=C\O)c1CC)=CC1=NC(=CC3=NC(=C2)C(CO)=C3CC)C(CC)=C1CC. The Balaban J connectivity index is 1.90. The van der Waals surface area contributed by atoms with Crippen LogP contribution in [0.15, 0.2) is 77.7 Å². The smallest absolute Gasteiger partial charge is 0.0888 e. The van der Waals surface area contributed by atoms with Crippen LogP contribution in [0.5, 0.6) is 0 Å². The van der Waals surface area contributed by atoms with Gasteiger partial charge in [-0.1, -0.05) is 41.5 Å². The number of H-pyrrole nitrogens is 1. The first-order chi connectivity index (χ1) is 19.5. The molecule has 0 amide bonds. The summed E-state index contributed by atoms with van der Waals surface area (Å²) in [6.45, 7) is 12.8. The van der Waals surface area contributed by atoms with E-state index in [4.69, 9.17) is 15.0 Å². The van der Waals surface area contributed by atoms with E-state index < -0.39 is 0 Å². The molecule has 0 fully saturated rings. The van der Waals surface area contributed by atoms with E-state index in [-0.39, 0.29) is 6.61 Å². The molecule has 4 aliphatic rings. The zero-order chi connectivity index (χ0) is 28.6. The molecule has 0 saturated carbocycles. The van der Waals surface area contributed by atoms with Crippen molar-refractivity contribution in [2.75, 3.05) is 6.61 Å². The first-order valence-electron chi connectivity index (χ1n) is 14.7. The van der Waals surface area contributed by atoms with Gasteiger partial charge in [0.05, 0.1) is 52.4 Å². The maximum atomic E-state index is 10.4. The van der Waals surface area contributed by atoms with Gasteiger partial charge in [-0.15, -0.1) is 0 Å². The molecule has 1 aromatic rings. The van der Waals surface area contributed by atoms with Crippen molar-refractivity contribution in [3.8, 4) is 0 Å². The van der Waals surface area contributed by atoms with Crippen LogP contribution < -0.4 is 10.6 Å². The molecule has 0 radical (unpaired) electrons. The summed E-state index contributed by atoms with van der Waals surface area (Å²) in [5.41, 5.74) is 14.1. The number of allylic oxidation sites excluding steroid dienone is 7. The van der Waals surface area contributed by atoms with E-state index >= 15 is 0 Å². The van der Waals surface area contributed by atoms with Gasteiger partial charge in [-0.3, -0.25) is 0 Å². The molecule has 0 aliphatic carbocycles.